The third-order valence-corrected chi connectivity index (χ3v) is 0.940. The zero-order valence-electron chi connectivity index (χ0n) is 5.76. The van der Waals surface area contributed by atoms with Gasteiger partial charge in [-0.1, -0.05) is 0 Å². The molecule has 0 fully saturated rings. The normalized spacial score (nSPS) is 17.3. The van der Waals surface area contributed by atoms with Crippen LogP contribution in [-0.4, -0.2) is 36.3 Å². The van der Waals surface area contributed by atoms with E-state index < -0.39 is 12.5 Å². The van der Waals surface area contributed by atoms with Crippen LogP contribution in [0, 0.1) is 0 Å². The van der Waals surface area contributed by atoms with Gasteiger partial charge in [-0.15, -0.1) is 0 Å². The summed E-state index contributed by atoms with van der Waals surface area (Å²) in [5, 5.41) is 22.7. The van der Waals surface area contributed by atoms with Gasteiger partial charge in [0.2, 0.25) is 0 Å². The van der Waals surface area contributed by atoms with Crippen molar-refractivity contribution in [3.05, 3.63) is 0 Å². The summed E-state index contributed by atoms with van der Waals surface area (Å²) in [5.74, 6) is 0. The molecule has 0 aliphatic rings. The van der Waals surface area contributed by atoms with Gasteiger partial charge in [0, 0.05) is 6.54 Å². The first-order valence-electron chi connectivity index (χ1n) is 2.93. The van der Waals surface area contributed by atoms with E-state index in [9.17, 15) is 0 Å². The van der Waals surface area contributed by atoms with E-state index in [0.29, 0.717) is 6.54 Å². The lowest BCUT2D eigenvalue weighted by atomic mass is 10.5. The van der Waals surface area contributed by atoms with Crippen molar-refractivity contribution in [1.29, 1.82) is 0 Å². The lowest BCUT2D eigenvalue weighted by Crippen LogP contribution is -2.39. The molecule has 0 spiro atoms. The fourth-order valence-electron chi connectivity index (χ4n) is 0.384. The Labute approximate surface area is 54.9 Å². The van der Waals surface area contributed by atoms with Crippen LogP contribution in [0.2, 0.25) is 0 Å². The quantitative estimate of drug-likeness (QED) is 0.352. The van der Waals surface area contributed by atoms with E-state index in [-0.39, 0.29) is 0 Å². The predicted molar refractivity (Wildman–Crippen MR) is 34.7 cm³/mol. The van der Waals surface area contributed by atoms with Crippen LogP contribution in [0.5, 0.6) is 0 Å². The second-order valence-electron chi connectivity index (χ2n) is 1.89. The maximum absolute atomic E-state index is 8.82. The van der Waals surface area contributed by atoms with Crippen LogP contribution >= 0.6 is 0 Å². The maximum atomic E-state index is 8.82. The van der Waals surface area contributed by atoms with Crippen LogP contribution in [0.1, 0.15) is 6.92 Å². The molecule has 9 heavy (non-hydrogen) atoms. The Morgan fingerprint density at radius 2 is 2.00 bits per heavy atom. The molecule has 0 bridgehead atoms. The molecule has 4 heteroatoms. The average Bonchev–Trinajstić information content (AvgIpc) is 1.83. The van der Waals surface area contributed by atoms with Crippen molar-refractivity contribution in [3.63, 3.8) is 0 Å². The van der Waals surface area contributed by atoms with Crippen molar-refractivity contribution in [2.75, 3.05) is 13.6 Å². The molecule has 4 nitrogen and oxygen atoms in total. The molecule has 0 rings (SSSR count). The minimum absolute atomic E-state index is 0.355. The summed E-state index contributed by atoms with van der Waals surface area (Å²) in [7, 11) is 1.65. The molecule has 56 valence electrons. The van der Waals surface area contributed by atoms with Crippen LogP contribution in [0.3, 0.4) is 0 Å². The summed E-state index contributed by atoms with van der Waals surface area (Å²) >= 11 is 0. The Morgan fingerprint density at radius 1 is 1.44 bits per heavy atom. The van der Waals surface area contributed by atoms with Gasteiger partial charge in [0.25, 0.3) is 0 Å². The van der Waals surface area contributed by atoms with Gasteiger partial charge in [-0.3, -0.25) is 10.6 Å². The molecular weight excluding hydrogens is 120 g/mol. The van der Waals surface area contributed by atoms with Gasteiger partial charge in [0.15, 0.2) is 0 Å². The molecule has 0 aromatic heterocycles. The maximum Gasteiger partial charge on any atom is 0.117 e. The molecule has 4 N–H and O–H groups in total. The summed E-state index contributed by atoms with van der Waals surface area (Å²) in [5.41, 5.74) is 0. The minimum Gasteiger partial charge on any atom is -0.379 e. The van der Waals surface area contributed by atoms with Crippen molar-refractivity contribution in [1.82, 2.24) is 10.6 Å². The molecule has 2 atom stereocenters. The number of rotatable bonds is 4. The van der Waals surface area contributed by atoms with Gasteiger partial charge >= 0.3 is 0 Å². The van der Waals surface area contributed by atoms with Crippen molar-refractivity contribution < 1.29 is 10.2 Å². The molecule has 0 aliphatic carbocycles. The first kappa shape index (κ1) is 8.84. The van der Waals surface area contributed by atoms with Gasteiger partial charge in [-0.25, -0.2) is 0 Å². The summed E-state index contributed by atoms with van der Waals surface area (Å²) in [6, 6.07) is 0. The lowest BCUT2D eigenvalue weighted by Gasteiger charge is -2.11. The first-order chi connectivity index (χ1) is 4.16. The summed E-state index contributed by atoms with van der Waals surface area (Å²) < 4.78 is 0. The molecule has 0 radical (unpaired) electrons. The van der Waals surface area contributed by atoms with E-state index in [4.69, 9.17) is 10.2 Å². The SMILES string of the molecule is CNC(O)CN[C@H](C)O. The van der Waals surface area contributed by atoms with Crippen LogP contribution < -0.4 is 10.6 Å². The topological polar surface area (TPSA) is 64.5 Å². The highest BCUT2D eigenvalue weighted by Crippen LogP contribution is 1.73. The van der Waals surface area contributed by atoms with Crippen molar-refractivity contribution in [3.8, 4) is 0 Å². The molecule has 0 saturated heterocycles. The van der Waals surface area contributed by atoms with Crippen LogP contribution in [0.25, 0.3) is 0 Å². The van der Waals surface area contributed by atoms with E-state index in [2.05, 4.69) is 10.6 Å². The third-order valence-electron chi connectivity index (χ3n) is 0.940. The monoisotopic (exact) mass is 134 g/mol. The van der Waals surface area contributed by atoms with Gasteiger partial charge in [-0.05, 0) is 14.0 Å². The Bertz CT molecular complexity index is 68.0. The fourth-order valence-corrected chi connectivity index (χ4v) is 0.384. The van der Waals surface area contributed by atoms with Gasteiger partial charge in [0.05, 0.1) is 0 Å². The van der Waals surface area contributed by atoms with Gasteiger partial charge in [0.1, 0.15) is 12.5 Å². The number of hydrogen-bond donors (Lipinski definition) is 4. The van der Waals surface area contributed by atoms with Crippen molar-refractivity contribution in [2.45, 2.75) is 19.4 Å². The van der Waals surface area contributed by atoms with Crippen LogP contribution in [0.4, 0.5) is 0 Å². The van der Waals surface area contributed by atoms with Crippen LogP contribution in [0.15, 0.2) is 0 Å². The van der Waals surface area contributed by atoms with E-state index in [1.165, 1.54) is 0 Å². The standard InChI is InChI=1S/C5H14N2O2/c1-4(8)7-3-5(9)6-2/h4-9H,3H2,1-2H3/t4-,5?/m0/s1. The van der Waals surface area contributed by atoms with E-state index in [0.717, 1.165) is 0 Å². The molecule has 0 aromatic carbocycles. The Balaban J connectivity index is 3.06. The minimum atomic E-state index is -0.584. The van der Waals surface area contributed by atoms with Crippen LogP contribution in [-0.2, 0) is 0 Å². The molecule has 1 unspecified atom stereocenters. The van der Waals surface area contributed by atoms with E-state index in [1.54, 1.807) is 14.0 Å². The highest BCUT2D eigenvalue weighted by Gasteiger charge is 1.99. The third kappa shape index (κ3) is 5.72. The molecule has 0 saturated carbocycles. The average molecular weight is 134 g/mol. The number of likely N-dealkylation sites (N-methyl/N-ethyl adjacent to an activating group) is 1. The summed E-state index contributed by atoms with van der Waals surface area (Å²) in [6.07, 6.45) is -1.15. The smallest absolute Gasteiger partial charge is 0.117 e. The van der Waals surface area contributed by atoms with Gasteiger partial charge in [-0.2, -0.15) is 0 Å². The van der Waals surface area contributed by atoms with Crippen molar-refractivity contribution in [2.24, 2.45) is 0 Å². The zero-order valence-corrected chi connectivity index (χ0v) is 5.76. The first-order valence-corrected chi connectivity index (χ1v) is 2.93. The Hall–Kier alpha value is -0.160. The second kappa shape index (κ2) is 4.69. The number of aliphatic hydroxyl groups excluding tert-OH is 2. The number of nitrogens with one attached hydrogen (secondary N) is 2. The summed E-state index contributed by atoms with van der Waals surface area (Å²) in [6.45, 7) is 1.95. The van der Waals surface area contributed by atoms with E-state index in [1.807, 2.05) is 0 Å². The second-order valence-corrected chi connectivity index (χ2v) is 1.89. The van der Waals surface area contributed by atoms with E-state index >= 15 is 0 Å². The molecular formula is C5H14N2O2. The molecule has 0 aliphatic heterocycles. The predicted octanol–water partition coefficient (Wildman–Crippen LogP) is -1.55. The lowest BCUT2D eigenvalue weighted by molar-refractivity contribution is 0.100. The zero-order chi connectivity index (χ0) is 7.28. The van der Waals surface area contributed by atoms with Crippen molar-refractivity contribution >= 4 is 0 Å². The Kier molecular flexibility index (Phi) is 4.61. The number of aliphatic hydroxyl groups is 2. The number of hydrogen-bond acceptors (Lipinski definition) is 4. The molecule has 0 amide bonds. The highest BCUT2D eigenvalue weighted by atomic mass is 16.3. The summed E-state index contributed by atoms with van der Waals surface area (Å²) in [4.78, 5) is 0. The van der Waals surface area contributed by atoms with Gasteiger partial charge < -0.3 is 10.2 Å². The molecule has 0 aromatic rings. The molecule has 0 heterocycles. The largest absolute Gasteiger partial charge is 0.379 e. The highest BCUT2D eigenvalue weighted by molar-refractivity contribution is 4.53. The Morgan fingerprint density at radius 3 is 2.33 bits per heavy atom. The fraction of sp³-hybridized carbons (Fsp3) is 1.00.